The molecule has 3 heterocycles. The van der Waals surface area contributed by atoms with Crippen LogP contribution in [0.4, 0.5) is 0 Å². The van der Waals surface area contributed by atoms with Gasteiger partial charge in [0.1, 0.15) is 15.9 Å². The molecule has 2 aliphatic heterocycles. The molecule has 9 nitrogen and oxygen atoms in total. The maximum atomic E-state index is 13.2. The fourth-order valence-electron chi connectivity index (χ4n) is 5.00. The van der Waals surface area contributed by atoms with Crippen LogP contribution in [0.1, 0.15) is 32.1 Å². The molecule has 1 aromatic heterocycles. The van der Waals surface area contributed by atoms with Crippen molar-refractivity contribution in [2.45, 2.75) is 43.0 Å². The van der Waals surface area contributed by atoms with Crippen molar-refractivity contribution in [2.75, 3.05) is 32.7 Å². The first-order valence-electron chi connectivity index (χ1n) is 10.7. The van der Waals surface area contributed by atoms with Gasteiger partial charge in [0, 0.05) is 45.2 Å². The zero-order valence-electron chi connectivity index (χ0n) is 17.1. The first kappa shape index (κ1) is 20.8. The summed E-state index contributed by atoms with van der Waals surface area (Å²) in [7, 11) is -3.72. The average Bonchev–Trinajstić information content (AvgIpc) is 3.53. The lowest BCUT2D eigenvalue weighted by Crippen LogP contribution is -2.52. The van der Waals surface area contributed by atoms with Crippen molar-refractivity contribution < 1.29 is 18.0 Å². The van der Waals surface area contributed by atoms with E-state index in [1.54, 1.807) is 23.1 Å². The van der Waals surface area contributed by atoms with Crippen LogP contribution in [0.5, 0.6) is 0 Å². The fraction of sp³-hybridized carbons (Fsp3) is 0.600. The molecule has 1 aliphatic carbocycles. The minimum atomic E-state index is -3.72. The Bertz CT molecular complexity index is 1100. The molecule has 1 unspecified atom stereocenters. The molecule has 0 N–H and O–H groups in total. The maximum Gasteiger partial charge on any atom is 0.245 e. The first-order valence-corrected chi connectivity index (χ1v) is 12.9. The number of carbonyl (C=O) groups is 2. The molecule has 2 saturated heterocycles. The maximum absolute atomic E-state index is 13.2. The molecule has 1 atom stereocenters. The van der Waals surface area contributed by atoms with Crippen LogP contribution in [0.2, 0.25) is 0 Å². The molecule has 11 heteroatoms. The molecule has 0 radical (unpaired) electrons. The first-order chi connectivity index (χ1) is 14.9. The summed E-state index contributed by atoms with van der Waals surface area (Å²) in [5, 5.41) is 0. The Labute approximate surface area is 185 Å². The van der Waals surface area contributed by atoms with E-state index in [9.17, 15) is 18.0 Å². The number of nitrogens with zero attached hydrogens (tertiary/aromatic N) is 5. The van der Waals surface area contributed by atoms with Crippen molar-refractivity contribution in [2.24, 2.45) is 5.92 Å². The van der Waals surface area contributed by atoms with Crippen molar-refractivity contribution in [1.82, 2.24) is 22.9 Å². The number of fused-ring (bicyclic) bond motifs is 1. The summed E-state index contributed by atoms with van der Waals surface area (Å²) in [6.45, 7) is 1.62. The van der Waals surface area contributed by atoms with E-state index in [0.717, 1.165) is 37.4 Å². The van der Waals surface area contributed by atoms with E-state index >= 15 is 0 Å². The van der Waals surface area contributed by atoms with E-state index < -0.39 is 10.0 Å². The minimum Gasteiger partial charge on any atom is -0.340 e. The Balaban J connectivity index is 1.24. The molecule has 5 rings (SSSR count). The number of hydrogen-bond acceptors (Lipinski definition) is 7. The quantitative estimate of drug-likeness (QED) is 0.677. The SMILES string of the molecule is O=C(C1CC(=O)N(C2CCCC2)C1)N1CCN(S(=O)(=O)c2cccc3nsnc23)CC1. The molecule has 1 saturated carbocycles. The van der Waals surface area contributed by atoms with E-state index in [-0.39, 0.29) is 48.2 Å². The Morgan fingerprint density at radius 3 is 2.55 bits per heavy atom. The predicted molar refractivity (Wildman–Crippen MR) is 115 cm³/mol. The lowest BCUT2D eigenvalue weighted by atomic mass is 10.1. The van der Waals surface area contributed by atoms with Gasteiger partial charge in [-0.05, 0) is 25.0 Å². The highest BCUT2D eigenvalue weighted by atomic mass is 32.2. The number of piperazine rings is 1. The minimum absolute atomic E-state index is 0.0308. The molecule has 166 valence electrons. The fourth-order valence-corrected chi connectivity index (χ4v) is 7.18. The number of carbonyl (C=O) groups excluding carboxylic acids is 2. The average molecular weight is 464 g/mol. The number of likely N-dealkylation sites (tertiary alicyclic amines) is 1. The molecule has 3 aliphatic rings. The summed E-state index contributed by atoms with van der Waals surface area (Å²) in [6.07, 6.45) is 4.63. The second kappa shape index (κ2) is 8.10. The standard InChI is InChI=1S/C20H25N5O4S2/c26-18-12-14(13-25(18)15-4-1-2-5-15)20(27)23-8-10-24(11-9-23)31(28,29)17-7-3-6-16-19(17)22-30-21-16/h3,6-7,14-15H,1-2,4-5,8-13H2. The number of aromatic nitrogens is 2. The van der Waals surface area contributed by atoms with E-state index in [2.05, 4.69) is 8.75 Å². The van der Waals surface area contributed by atoms with Crippen molar-refractivity contribution >= 4 is 44.6 Å². The highest BCUT2D eigenvalue weighted by molar-refractivity contribution is 7.89. The molecule has 0 spiro atoms. The second-order valence-electron chi connectivity index (χ2n) is 8.50. The predicted octanol–water partition coefficient (Wildman–Crippen LogP) is 1.32. The van der Waals surface area contributed by atoms with Gasteiger partial charge < -0.3 is 9.80 Å². The normalized spacial score (nSPS) is 23.9. The van der Waals surface area contributed by atoms with Crippen LogP contribution in [0, 0.1) is 5.92 Å². The summed E-state index contributed by atoms with van der Waals surface area (Å²) >= 11 is 0.990. The topological polar surface area (TPSA) is 104 Å². The van der Waals surface area contributed by atoms with Gasteiger partial charge in [0.15, 0.2) is 0 Å². The van der Waals surface area contributed by atoms with Crippen LogP contribution in [0.3, 0.4) is 0 Å². The number of rotatable bonds is 4. The highest BCUT2D eigenvalue weighted by Gasteiger charge is 2.41. The van der Waals surface area contributed by atoms with Gasteiger partial charge in [0.25, 0.3) is 0 Å². The lowest BCUT2D eigenvalue weighted by Gasteiger charge is -2.35. The summed E-state index contributed by atoms with van der Waals surface area (Å²) in [5.74, 6) is -0.265. The van der Waals surface area contributed by atoms with Crippen molar-refractivity contribution in [1.29, 1.82) is 0 Å². The van der Waals surface area contributed by atoms with E-state index in [1.165, 1.54) is 4.31 Å². The van der Waals surface area contributed by atoms with E-state index in [0.29, 0.717) is 30.7 Å². The summed E-state index contributed by atoms with van der Waals surface area (Å²) in [5.41, 5.74) is 0.958. The zero-order chi connectivity index (χ0) is 21.6. The Morgan fingerprint density at radius 2 is 1.81 bits per heavy atom. The number of amides is 2. The summed E-state index contributed by atoms with van der Waals surface area (Å²) in [4.78, 5) is 29.3. The van der Waals surface area contributed by atoms with Crippen LogP contribution >= 0.6 is 11.7 Å². The third-order valence-corrected chi connectivity index (χ3v) is 9.16. The van der Waals surface area contributed by atoms with Crippen LogP contribution in [-0.2, 0) is 19.6 Å². The van der Waals surface area contributed by atoms with Gasteiger partial charge in [0.05, 0.1) is 17.6 Å². The molecular formula is C20H25N5O4S2. The molecule has 0 bridgehead atoms. The molecule has 1 aromatic carbocycles. The van der Waals surface area contributed by atoms with Crippen LogP contribution in [-0.4, -0.2) is 81.8 Å². The van der Waals surface area contributed by atoms with Gasteiger partial charge in [-0.15, -0.1) is 0 Å². The zero-order valence-corrected chi connectivity index (χ0v) is 18.8. The van der Waals surface area contributed by atoms with Crippen molar-refractivity contribution in [3.63, 3.8) is 0 Å². The van der Waals surface area contributed by atoms with Gasteiger partial charge in [-0.1, -0.05) is 18.9 Å². The van der Waals surface area contributed by atoms with E-state index in [4.69, 9.17) is 0 Å². The molecule has 3 fully saturated rings. The second-order valence-corrected chi connectivity index (χ2v) is 10.9. The number of hydrogen-bond donors (Lipinski definition) is 0. The van der Waals surface area contributed by atoms with Gasteiger partial charge in [0.2, 0.25) is 21.8 Å². The number of sulfonamides is 1. The molecule has 2 amide bonds. The Kier molecular flexibility index (Phi) is 5.43. The highest BCUT2D eigenvalue weighted by Crippen LogP contribution is 2.31. The molecular weight excluding hydrogens is 438 g/mol. The molecule has 2 aromatic rings. The van der Waals surface area contributed by atoms with Crippen molar-refractivity contribution in [3.05, 3.63) is 18.2 Å². The number of benzene rings is 1. The lowest BCUT2D eigenvalue weighted by molar-refractivity contribution is -0.137. The monoisotopic (exact) mass is 463 g/mol. The largest absolute Gasteiger partial charge is 0.340 e. The summed E-state index contributed by atoms with van der Waals surface area (Å²) < 4.78 is 36.0. The van der Waals surface area contributed by atoms with Gasteiger partial charge >= 0.3 is 0 Å². The van der Waals surface area contributed by atoms with Crippen LogP contribution < -0.4 is 0 Å². The smallest absolute Gasteiger partial charge is 0.245 e. The van der Waals surface area contributed by atoms with Crippen molar-refractivity contribution in [3.8, 4) is 0 Å². The third-order valence-electron chi connectivity index (χ3n) is 6.69. The van der Waals surface area contributed by atoms with Gasteiger partial charge in [-0.3, -0.25) is 9.59 Å². The Morgan fingerprint density at radius 1 is 1.06 bits per heavy atom. The van der Waals surface area contributed by atoms with Gasteiger partial charge in [-0.25, -0.2) is 8.42 Å². The summed E-state index contributed by atoms with van der Waals surface area (Å²) in [6, 6.07) is 5.25. The molecule has 31 heavy (non-hydrogen) atoms. The van der Waals surface area contributed by atoms with Crippen LogP contribution in [0.15, 0.2) is 23.1 Å². The Hall–Kier alpha value is -2.11. The van der Waals surface area contributed by atoms with Gasteiger partial charge in [-0.2, -0.15) is 13.1 Å². The third kappa shape index (κ3) is 3.72. The van der Waals surface area contributed by atoms with E-state index in [1.807, 2.05) is 4.90 Å². The van der Waals surface area contributed by atoms with Crippen LogP contribution in [0.25, 0.3) is 11.0 Å².